The smallest absolute Gasteiger partial charge is 0.361 e. The zero-order chi connectivity index (χ0) is 19.5. The number of rotatable bonds is 4. The van der Waals surface area contributed by atoms with Crippen LogP contribution >= 0.6 is 46.4 Å². The molecule has 1 heterocycles. The Bertz CT molecular complexity index is 782. The van der Waals surface area contributed by atoms with E-state index in [1.165, 1.54) is 12.3 Å². The molecule has 2 rings (SSSR count). The number of alkyl halides is 6. The van der Waals surface area contributed by atoms with Gasteiger partial charge in [-0.05, 0) is 30.3 Å². The first-order chi connectivity index (χ1) is 12.0. The van der Waals surface area contributed by atoms with Gasteiger partial charge in [0, 0.05) is 6.20 Å². The Morgan fingerprint density at radius 2 is 1.81 bits per heavy atom. The minimum absolute atomic E-state index is 0.0312. The molecule has 0 fully saturated rings. The number of carbonyl (C=O) groups is 1. The van der Waals surface area contributed by atoms with Crippen molar-refractivity contribution in [3.8, 4) is 0 Å². The van der Waals surface area contributed by atoms with Crippen LogP contribution in [0.1, 0.15) is 16.1 Å². The summed E-state index contributed by atoms with van der Waals surface area (Å²) >= 11 is 23.4. The molecule has 0 spiro atoms. The molecule has 0 bridgehead atoms. The van der Waals surface area contributed by atoms with Gasteiger partial charge in [-0.25, -0.2) is 0 Å². The molecule has 0 unspecified atom stereocenters. The van der Waals surface area contributed by atoms with Crippen LogP contribution in [0, 0.1) is 0 Å². The second kappa shape index (κ2) is 8.08. The van der Waals surface area contributed by atoms with Gasteiger partial charge in [-0.2, -0.15) is 13.2 Å². The number of nitrogens with one attached hydrogen (secondary N) is 2. The number of amides is 1. The van der Waals surface area contributed by atoms with Gasteiger partial charge in [-0.15, -0.1) is 0 Å². The van der Waals surface area contributed by atoms with Crippen LogP contribution in [0.5, 0.6) is 0 Å². The average Bonchev–Trinajstić information content (AvgIpc) is 2.54. The summed E-state index contributed by atoms with van der Waals surface area (Å²) in [6.07, 6.45) is -4.59. The number of halogens is 7. The van der Waals surface area contributed by atoms with Crippen molar-refractivity contribution in [3.05, 3.63) is 58.9 Å². The van der Waals surface area contributed by atoms with Gasteiger partial charge < -0.3 is 10.6 Å². The van der Waals surface area contributed by atoms with E-state index >= 15 is 0 Å². The molecule has 11 heteroatoms. The van der Waals surface area contributed by atoms with Crippen LogP contribution in [0.4, 0.5) is 18.9 Å². The van der Waals surface area contributed by atoms with E-state index in [1.54, 1.807) is 12.1 Å². The lowest BCUT2D eigenvalue weighted by Crippen LogP contribution is -2.49. The van der Waals surface area contributed by atoms with Crippen LogP contribution in [0.15, 0.2) is 42.6 Å². The topological polar surface area (TPSA) is 54.0 Å². The van der Waals surface area contributed by atoms with Gasteiger partial charge >= 0.3 is 6.18 Å². The maximum Gasteiger partial charge on any atom is 0.416 e. The van der Waals surface area contributed by atoms with Gasteiger partial charge in [0.15, 0.2) is 0 Å². The fourth-order valence-electron chi connectivity index (χ4n) is 1.87. The maximum atomic E-state index is 12.9. The molecule has 1 amide bonds. The first-order valence-corrected chi connectivity index (χ1v) is 8.41. The molecular formula is C15H10Cl4F3N3O. The quantitative estimate of drug-likeness (QED) is 0.495. The lowest BCUT2D eigenvalue weighted by atomic mass is 10.2. The Balaban J connectivity index is 2.28. The summed E-state index contributed by atoms with van der Waals surface area (Å²) in [4.78, 5) is 16.0. The summed E-state index contributed by atoms with van der Waals surface area (Å²) in [5, 5.41) is 4.82. The normalized spacial score (nSPS) is 13.2. The van der Waals surface area contributed by atoms with E-state index in [4.69, 9.17) is 46.4 Å². The standard InChI is InChI=1S/C15H10Cl4F3N3O/c16-9-5-4-8(15(20,21)22)7-11(9)24-13(14(17,18)19)25-12(26)10-3-1-2-6-23-10/h1-7,13,24H,(H,25,26)/t13-/m0/s1. The van der Waals surface area contributed by atoms with E-state index in [0.717, 1.165) is 18.2 Å². The van der Waals surface area contributed by atoms with Gasteiger partial charge in [0.25, 0.3) is 5.91 Å². The van der Waals surface area contributed by atoms with Crippen LogP contribution in [-0.4, -0.2) is 20.8 Å². The Hall–Kier alpha value is -1.41. The van der Waals surface area contributed by atoms with E-state index in [0.29, 0.717) is 0 Å². The molecule has 0 radical (unpaired) electrons. The molecule has 0 saturated heterocycles. The number of anilines is 1. The predicted molar refractivity (Wildman–Crippen MR) is 95.9 cm³/mol. The van der Waals surface area contributed by atoms with E-state index in [2.05, 4.69) is 15.6 Å². The third-order valence-electron chi connectivity index (χ3n) is 3.09. The monoisotopic (exact) mass is 445 g/mol. The number of hydrogen-bond acceptors (Lipinski definition) is 3. The molecule has 0 saturated carbocycles. The third-order valence-corrected chi connectivity index (χ3v) is 4.08. The Kier molecular flexibility index (Phi) is 6.50. The molecule has 1 atom stereocenters. The number of pyridine rings is 1. The zero-order valence-electron chi connectivity index (χ0n) is 12.6. The highest BCUT2D eigenvalue weighted by Gasteiger charge is 2.36. The van der Waals surface area contributed by atoms with E-state index in [9.17, 15) is 18.0 Å². The SMILES string of the molecule is O=C(N[C@H](Nc1cc(C(F)(F)F)ccc1Cl)C(Cl)(Cl)Cl)c1ccccn1. The summed E-state index contributed by atoms with van der Waals surface area (Å²) in [6, 6.07) is 7.20. The van der Waals surface area contributed by atoms with Crippen LogP contribution in [-0.2, 0) is 6.18 Å². The molecule has 2 aromatic rings. The summed E-state index contributed by atoms with van der Waals surface area (Å²) in [5.41, 5.74) is -1.09. The fourth-order valence-corrected chi connectivity index (χ4v) is 2.37. The van der Waals surface area contributed by atoms with Crippen molar-refractivity contribution < 1.29 is 18.0 Å². The van der Waals surface area contributed by atoms with Gasteiger partial charge in [0.05, 0.1) is 16.3 Å². The predicted octanol–water partition coefficient (Wildman–Crippen LogP) is 5.29. The van der Waals surface area contributed by atoms with E-state index in [1.807, 2.05) is 0 Å². The number of benzene rings is 1. The second-order valence-corrected chi connectivity index (χ2v) is 7.78. The van der Waals surface area contributed by atoms with E-state index < -0.39 is 27.6 Å². The van der Waals surface area contributed by atoms with Crippen molar-refractivity contribution in [2.75, 3.05) is 5.32 Å². The van der Waals surface area contributed by atoms with Crippen LogP contribution in [0.3, 0.4) is 0 Å². The highest BCUT2D eigenvalue weighted by molar-refractivity contribution is 6.68. The van der Waals surface area contributed by atoms with Crippen molar-refractivity contribution in [3.63, 3.8) is 0 Å². The summed E-state index contributed by atoms with van der Waals surface area (Å²) in [5.74, 6) is -0.697. The van der Waals surface area contributed by atoms with Crippen LogP contribution in [0.25, 0.3) is 0 Å². The molecule has 140 valence electrons. The molecule has 26 heavy (non-hydrogen) atoms. The van der Waals surface area contributed by atoms with Gasteiger partial charge in [0.1, 0.15) is 11.9 Å². The number of hydrogen-bond donors (Lipinski definition) is 2. The van der Waals surface area contributed by atoms with Gasteiger partial charge in [-0.1, -0.05) is 52.5 Å². The average molecular weight is 447 g/mol. The largest absolute Gasteiger partial charge is 0.416 e. The molecule has 0 aliphatic heterocycles. The molecular weight excluding hydrogens is 437 g/mol. The first-order valence-electron chi connectivity index (χ1n) is 6.90. The van der Waals surface area contributed by atoms with Gasteiger partial charge in [-0.3, -0.25) is 9.78 Å². The Morgan fingerprint density at radius 3 is 2.35 bits per heavy atom. The maximum absolute atomic E-state index is 12.9. The van der Waals surface area contributed by atoms with Crippen molar-refractivity contribution >= 4 is 58.0 Å². The number of aromatic nitrogens is 1. The lowest BCUT2D eigenvalue weighted by molar-refractivity contribution is -0.137. The second-order valence-electron chi connectivity index (χ2n) is 5.00. The molecule has 1 aromatic heterocycles. The summed E-state index contributed by atoms with van der Waals surface area (Å²) in [6.45, 7) is 0. The first kappa shape index (κ1) is 20.9. The van der Waals surface area contributed by atoms with E-state index in [-0.39, 0.29) is 16.4 Å². The molecule has 1 aromatic carbocycles. The van der Waals surface area contributed by atoms with Gasteiger partial charge in [0.2, 0.25) is 3.79 Å². The summed E-state index contributed by atoms with van der Waals surface area (Å²) < 4.78 is 36.5. The molecule has 0 aliphatic carbocycles. The van der Waals surface area contributed by atoms with Crippen LogP contribution in [0.2, 0.25) is 5.02 Å². The van der Waals surface area contributed by atoms with Crippen molar-refractivity contribution in [1.82, 2.24) is 10.3 Å². The highest BCUT2D eigenvalue weighted by Crippen LogP contribution is 2.36. The van der Waals surface area contributed by atoms with Crippen molar-refractivity contribution in [2.24, 2.45) is 0 Å². The molecule has 4 nitrogen and oxygen atoms in total. The zero-order valence-corrected chi connectivity index (χ0v) is 15.6. The summed E-state index contributed by atoms with van der Waals surface area (Å²) in [7, 11) is 0. The molecule has 2 N–H and O–H groups in total. The minimum Gasteiger partial charge on any atom is -0.361 e. The van der Waals surface area contributed by atoms with Crippen LogP contribution < -0.4 is 10.6 Å². The van der Waals surface area contributed by atoms with Crippen molar-refractivity contribution in [1.29, 1.82) is 0 Å². The Morgan fingerprint density at radius 1 is 1.12 bits per heavy atom. The lowest BCUT2D eigenvalue weighted by Gasteiger charge is -2.28. The number of carbonyl (C=O) groups excluding carboxylic acids is 1. The highest BCUT2D eigenvalue weighted by atomic mass is 35.6. The Labute approximate surface area is 166 Å². The third kappa shape index (κ3) is 5.54. The molecule has 0 aliphatic rings. The number of nitrogens with zero attached hydrogens (tertiary/aromatic N) is 1. The minimum atomic E-state index is -4.59. The fraction of sp³-hybridized carbons (Fsp3) is 0.200. The van der Waals surface area contributed by atoms with Crippen molar-refractivity contribution in [2.45, 2.75) is 16.1 Å².